The first kappa shape index (κ1) is 17.9. The lowest BCUT2D eigenvalue weighted by Gasteiger charge is -2.29. The van der Waals surface area contributed by atoms with Gasteiger partial charge in [0.1, 0.15) is 5.52 Å². The lowest BCUT2D eigenvalue weighted by molar-refractivity contribution is 0.590. The number of halogens is 3. The average Bonchev–Trinajstić information content (AvgIpc) is 2.78. The molecule has 1 aliphatic rings. The van der Waals surface area contributed by atoms with E-state index in [0.29, 0.717) is 0 Å². The normalized spacial score (nSPS) is 14.3. The number of fused-ring (bicyclic) bond motifs is 1. The van der Waals surface area contributed by atoms with E-state index in [1.165, 1.54) is 5.69 Å². The second-order valence-electron chi connectivity index (χ2n) is 3.81. The second-order valence-corrected chi connectivity index (χ2v) is 3.81. The topological polar surface area (TPSA) is 44.0 Å². The fourth-order valence-electron chi connectivity index (χ4n) is 2.11. The Kier molecular flexibility index (Phi) is 8.09. The number of H-pyrrole nitrogens is 1. The molecule has 1 aromatic heterocycles. The largest absolute Gasteiger partial charge is 0.367 e. The summed E-state index contributed by atoms with van der Waals surface area (Å²) < 4.78 is 0. The molecule has 1 saturated heterocycles. The van der Waals surface area contributed by atoms with Crippen LogP contribution >= 0.6 is 50.9 Å². The number of imidazole rings is 1. The van der Waals surface area contributed by atoms with Crippen molar-refractivity contribution >= 4 is 67.7 Å². The summed E-state index contributed by atoms with van der Waals surface area (Å²) in [6.07, 6.45) is 1.76. The fourth-order valence-corrected chi connectivity index (χ4v) is 2.11. The van der Waals surface area contributed by atoms with Crippen LogP contribution in [0, 0.1) is 0 Å². The predicted octanol–water partition coefficient (Wildman–Crippen LogP) is 2.71. The van der Waals surface area contributed by atoms with E-state index in [9.17, 15) is 0 Å². The minimum Gasteiger partial charge on any atom is -0.367 e. The van der Waals surface area contributed by atoms with Crippen molar-refractivity contribution in [3.05, 3.63) is 24.5 Å². The van der Waals surface area contributed by atoms with Crippen molar-refractivity contribution in [3.63, 3.8) is 0 Å². The zero-order valence-corrected chi connectivity index (χ0v) is 14.9. The zero-order valence-electron chi connectivity index (χ0n) is 9.76. The van der Waals surface area contributed by atoms with Crippen molar-refractivity contribution in [2.75, 3.05) is 31.1 Å². The molecule has 0 atom stereocenters. The third-order valence-corrected chi connectivity index (χ3v) is 2.89. The van der Waals surface area contributed by atoms with Crippen LogP contribution in [-0.4, -0.2) is 36.1 Å². The summed E-state index contributed by atoms with van der Waals surface area (Å²) in [5.74, 6) is 0. The van der Waals surface area contributed by atoms with E-state index in [2.05, 4.69) is 38.4 Å². The molecule has 0 radical (unpaired) electrons. The summed E-state index contributed by atoms with van der Waals surface area (Å²) in [5.41, 5.74) is 3.45. The number of piperazine rings is 1. The molecule has 0 spiro atoms. The summed E-state index contributed by atoms with van der Waals surface area (Å²) in [6, 6.07) is 6.29. The van der Waals surface area contributed by atoms with Gasteiger partial charge < -0.3 is 15.2 Å². The highest BCUT2D eigenvalue weighted by Gasteiger charge is 2.13. The Morgan fingerprint density at radius 2 is 1.78 bits per heavy atom. The van der Waals surface area contributed by atoms with Gasteiger partial charge in [0.2, 0.25) is 0 Å². The number of aromatic amines is 1. The molecule has 102 valence electrons. The maximum atomic E-state index is 4.38. The molecular formula is C11H17Br3N4. The lowest BCUT2D eigenvalue weighted by atomic mass is 10.2. The molecule has 2 heterocycles. The summed E-state index contributed by atoms with van der Waals surface area (Å²) >= 11 is 0. The van der Waals surface area contributed by atoms with Crippen molar-refractivity contribution in [2.45, 2.75) is 0 Å². The molecule has 1 fully saturated rings. The van der Waals surface area contributed by atoms with Gasteiger partial charge in [-0.1, -0.05) is 6.07 Å². The lowest BCUT2D eigenvalue weighted by Crippen LogP contribution is -2.43. The molecule has 0 bridgehead atoms. The van der Waals surface area contributed by atoms with Gasteiger partial charge in [0.05, 0.1) is 17.5 Å². The van der Waals surface area contributed by atoms with Gasteiger partial charge in [0, 0.05) is 26.2 Å². The van der Waals surface area contributed by atoms with Gasteiger partial charge in [-0.15, -0.1) is 50.9 Å². The summed E-state index contributed by atoms with van der Waals surface area (Å²) in [6.45, 7) is 4.24. The molecule has 2 N–H and O–H groups in total. The molecule has 18 heavy (non-hydrogen) atoms. The number of anilines is 1. The van der Waals surface area contributed by atoms with Gasteiger partial charge in [-0.2, -0.15) is 0 Å². The standard InChI is InChI=1S/C11H14N4.3BrH/c1-2-9-11(14-8-13-9)10(3-1)15-6-4-12-5-7-15;;;/h1-3,8,12H,4-7H2,(H,13,14);3*1H. The van der Waals surface area contributed by atoms with E-state index in [0.717, 1.165) is 37.2 Å². The third-order valence-electron chi connectivity index (χ3n) is 2.89. The van der Waals surface area contributed by atoms with E-state index in [4.69, 9.17) is 0 Å². The quantitative estimate of drug-likeness (QED) is 0.710. The maximum Gasteiger partial charge on any atom is 0.112 e. The first-order chi connectivity index (χ1) is 7.45. The molecule has 0 amide bonds. The van der Waals surface area contributed by atoms with Gasteiger partial charge in [0.15, 0.2) is 0 Å². The van der Waals surface area contributed by atoms with Crippen LogP contribution in [0.15, 0.2) is 24.5 Å². The van der Waals surface area contributed by atoms with Crippen LogP contribution in [0.5, 0.6) is 0 Å². The Bertz CT molecular complexity index is 468. The van der Waals surface area contributed by atoms with E-state index < -0.39 is 0 Å². The molecular weight excluding hydrogens is 428 g/mol. The van der Waals surface area contributed by atoms with Crippen LogP contribution in [0.1, 0.15) is 0 Å². The van der Waals surface area contributed by atoms with Crippen LogP contribution in [0.2, 0.25) is 0 Å². The van der Waals surface area contributed by atoms with Crippen molar-refractivity contribution in [3.8, 4) is 0 Å². The number of nitrogens with zero attached hydrogens (tertiary/aromatic N) is 2. The molecule has 3 rings (SSSR count). The van der Waals surface area contributed by atoms with Gasteiger partial charge in [-0.3, -0.25) is 0 Å². The predicted molar refractivity (Wildman–Crippen MR) is 92.1 cm³/mol. The van der Waals surface area contributed by atoms with Crippen molar-refractivity contribution in [1.29, 1.82) is 0 Å². The average molecular weight is 445 g/mol. The number of aromatic nitrogens is 2. The smallest absolute Gasteiger partial charge is 0.112 e. The number of rotatable bonds is 1. The summed E-state index contributed by atoms with van der Waals surface area (Å²) in [4.78, 5) is 9.91. The van der Waals surface area contributed by atoms with Crippen molar-refractivity contribution < 1.29 is 0 Å². The number of nitrogens with one attached hydrogen (secondary N) is 2. The summed E-state index contributed by atoms with van der Waals surface area (Å²) in [7, 11) is 0. The van der Waals surface area contributed by atoms with Gasteiger partial charge in [0.25, 0.3) is 0 Å². The number of para-hydroxylation sites is 1. The Balaban J connectivity index is 0.000000963. The Morgan fingerprint density at radius 3 is 2.50 bits per heavy atom. The van der Waals surface area contributed by atoms with E-state index in [1.807, 2.05) is 0 Å². The van der Waals surface area contributed by atoms with Crippen LogP contribution in [0.3, 0.4) is 0 Å². The molecule has 0 saturated carbocycles. The van der Waals surface area contributed by atoms with E-state index >= 15 is 0 Å². The minimum absolute atomic E-state index is 0. The van der Waals surface area contributed by atoms with Crippen LogP contribution < -0.4 is 10.2 Å². The molecule has 0 unspecified atom stereocenters. The Morgan fingerprint density at radius 1 is 1.06 bits per heavy atom. The highest BCUT2D eigenvalue weighted by Crippen LogP contribution is 2.23. The molecule has 1 aromatic carbocycles. The second kappa shape index (κ2) is 8.14. The van der Waals surface area contributed by atoms with Crippen LogP contribution in [0.4, 0.5) is 5.69 Å². The van der Waals surface area contributed by atoms with Crippen molar-refractivity contribution in [1.82, 2.24) is 15.3 Å². The maximum absolute atomic E-state index is 4.38. The van der Waals surface area contributed by atoms with Crippen LogP contribution in [-0.2, 0) is 0 Å². The SMILES string of the molecule is Br.Br.Br.c1cc(N2CCNCC2)c2nc[nH]c2c1. The highest BCUT2D eigenvalue weighted by atomic mass is 79.9. The molecule has 0 aliphatic carbocycles. The first-order valence-electron chi connectivity index (χ1n) is 5.33. The van der Waals surface area contributed by atoms with E-state index in [1.54, 1.807) is 6.33 Å². The first-order valence-corrected chi connectivity index (χ1v) is 5.33. The number of hydrogen-bond acceptors (Lipinski definition) is 3. The number of hydrogen-bond donors (Lipinski definition) is 2. The van der Waals surface area contributed by atoms with Gasteiger partial charge in [-0.05, 0) is 12.1 Å². The van der Waals surface area contributed by atoms with Gasteiger partial charge >= 0.3 is 0 Å². The molecule has 1 aliphatic heterocycles. The number of benzene rings is 1. The monoisotopic (exact) mass is 442 g/mol. The Labute approximate surface area is 138 Å². The zero-order chi connectivity index (χ0) is 10.1. The molecule has 4 nitrogen and oxygen atoms in total. The Hall–Kier alpha value is -0.110. The fraction of sp³-hybridized carbons (Fsp3) is 0.364. The highest BCUT2D eigenvalue weighted by molar-refractivity contribution is 8.93. The van der Waals surface area contributed by atoms with Crippen molar-refractivity contribution in [2.24, 2.45) is 0 Å². The summed E-state index contributed by atoms with van der Waals surface area (Å²) in [5, 5.41) is 3.36. The minimum atomic E-state index is 0. The van der Waals surface area contributed by atoms with E-state index in [-0.39, 0.29) is 50.9 Å². The van der Waals surface area contributed by atoms with Gasteiger partial charge in [-0.25, -0.2) is 4.98 Å². The molecule has 7 heteroatoms. The van der Waals surface area contributed by atoms with Crippen LogP contribution in [0.25, 0.3) is 11.0 Å². The third kappa shape index (κ3) is 3.46. The molecule has 2 aromatic rings.